The van der Waals surface area contributed by atoms with Crippen LogP contribution in [-0.2, 0) is 0 Å². The minimum Gasteiger partial charge on any atom is -0.452 e. The third kappa shape index (κ3) is 3.18. The van der Waals surface area contributed by atoms with Gasteiger partial charge in [-0.3, -0.25) is 4.98 Å². The molecular weight excluding hydrogens is 530 g/mol. The van der Waals surface area contributed by atoms with Crippen molar-refractivity contribution in [3.8, 4) is 23.5 Å². The Labute approximate surface area is 244 Å². The standard InChI is InChI=1S/C37H19N5O/c38-20-22-9-12-32-27(17-22)28-18-23(21-39)10-13-33(28)41(32)24-11-14-35-29(19-24)36-37(43-35)34(15-16-40-36)42-30-7-3-1-5-25(30)26-6-2-4-8-31(26)42/h1-19H. The molecule has 9 rings (SSSR count). The lowest BCUT2D eigenvalue weighted by molar-refractivity contribution is 0.665. The molecule has 6 nitrogen and oxygen atoms in total. The molecule has 5 aromatic carbocycles. The van der Waals surface area contributed by atoms with E-state index in [0.29, 0.717) is 11.1 Å². The van der Waals surface area contributed by atoms with Gasteiger partial charge in [0.1, 0.15) is 11.1 Å². The van der Waals surface area contributed by atoms with E-state index in [1.54, 1.807) is 0 Å². The molecule has 0 fully saturated rings. The summed E-state index contributed by atoms with van der Waals surface area (Å²) in [5.74, 6) is 0. The number of hydrogen-bond donors (Lipinski definition) is 0. The van der Waals surface area contributed by atoms with Crippen LogP contribution in [0.25, 0.3) is 77.1 Å². The highest BCUT2D eigenvalue weighted by Gasteiger charge is 2.20. The molecule has 4 heterocycles. The van der Waals surface area contributed by atoms with E-state index < -0.39 is 0 Å². The maximum atomic E-state index is 9.57. The van der Waals surface area contributed by atoms with Gasteiger partial charge in [-0.15, -0.1) is 0 Å². The van der Waals surface area contributed by atoms with Gasteiger partial charge in [-0.1, -0.05) is 36.4 Å². The Balaban J connectivity index is 1.33. The zero-order valence-corrected chi connectivity index (χ0v) is 22.6. The second-order valence-electron chi connectivity index (χ2n) is 10.7. The molecule has 43 heavy (non-hydrogen) atoms. The molecule has 0 spiro atoms. The van der Waals surface area contributed by atoms with Gasteiger partial charge in [0.05, 0.1) is 51.0 Å². The van der Waals surface area contributed by atoms with Crippen LogP contribution in [0.1, 0.15) is 11.1 Å². The maximum Gasteiger partial charge on any atom is 0.177 e. The van der Waals surface area contributed by atoms with Gasteiger partial charge in [-0.25, -0.2) is 0 Å². The Morgan fingerprint density at radius 2 is 1.16 bits per heavy atom. The van der Waals surface area contributed by atoms with Crippen molar-refractivity contribution in [2.75, 3.05) is 0 Å². The Morgan fingerprint density at radius 3 is 1.79 bits per heavy atom. The summed E-state index contributed by atoms with van der Waals surface area (Å²) in [7, 11) is 0. The molecule has 0 atom stereocenters. The Hall–Kier alpha value is -6.37. The van der Waals surface area contributed by atoms with Gasteiger partial charge >= 0.3 is 0 Å². The second kappa shape index (κ2) is 8.57. The molecule has 4 aromatic heterocycles. The molecule has 0 radical (unpaired) electrons. The molecule has 0 N–H and O–H groups in total. The van der Waals surface area contributed by atoms with Gasteiger partial charge in [0.25, 0.3) is 0 Å². The third-order valence-electron chi connectivity index (χ3n) is 8.42. The number of rotatable bonds is 2. The Kier molecular flexibility index (Phi) is 4.65. The van der Waals surface area contributed by atoms with Crippen molar-refractivity contribution >= 4 is 65.7 Å². The minimum absolute atomic E-state index is 0.576. The van der Waals surface area contributed by atoms with Gasteiger partial charge in [0.2, 0.25) is 0 Å². The van der Waals surface area contributed by atoms with Crippen LogP contribution >= 0.6 is 0 Å². The first-order valence-electron chi connectivity index (χ1n) is 13.9. The highest BCUT2D eigenvalue weighted by atomic mass is 16.3. The summed E-state index contributed by atoms with van der Waals surface area (Å²) in [5.41, 5.74) is 9.41. The summed E-state index contributed by atoms with van der Waals surface area (Å²) < 4.78 is 11.0. The average Bonchev–Trinajstić information content (AvgIpc) is 3.71. The molecular formula is C37H19N5O. The van der Waals surface area contributed by atoms with E-state index in [0.717, 1.165) is 66.3 Å². The normalized spacial score (nSPS) is 11.7. The van der Waals surface area contributed by atoms with E-state index in [1.165, 1.54) is 10.8 Å². The molecule has 198 valence electrons. The van der Waals surface area contributed by atoms with E-state index in [4.69, 9.17) is 9.40 Å². The minimum atomic E-state index is 0.576. The van der Waals surface area contributed by atoms with Crippen LogP contribution in [0.15, 0.2) is 120 Å². The van der Waals surface area contributed by atoms with E-state index >= 15 is 0 Å². The number of benzene rings is 5. The SMILES string of the molecule is N#Cc1ccc2c(c1)c1cc(C#N)ccc1n2-c1ccc2oc3c(-n4c5ccccc5c5ccccc54)ccnc3c2c1. The number of furan rings is 1. The summed E-state index contributed by atoms with van der Waals surface area (Å²) in [4.78, 5) is 4.80. The number of nitrogens with zero attached hydrogens (tertiary/aromatic N) is 5. The van der Waals surface area contributed by atoms with Gasteiger partial charge in [-0.2, -0.15) is 10.5 Å². The number of hydrogen-bond acceptors (Lipinski definition) is 4. The van der Waals surface area contributed by atoms with Crippen molar-refractivity contribution in [3.63, 3.8) is 0 Å². The zero-order chi connectivity index (χ0) is 28.7. The van der Waals surface area contributed by atoms with E-state index in [9.17, 15) is 10.5 Å². The van der Waals surface area contributed by atoms with Crippen molar-refractivity contribution in [1.82, 2.24) is 14.1 Å². The van der Waals surface area contributed by atoms with E-state index in [1.807, 2.05) is 60.8 Å². The van der Waals surface area contributed by atoms with Crippen molar-refractivity contribution in [3.05, 3.63) is 127 Å². The molecule has 0 amide bonds. The molecule has 0 aliphatic rings. The van der Waals surface area contributed by atoms with Crippen LogP contribution < -0.4 is 0 Å². The molecule has 9 aromatic rings. The number of fused-ring (bicyclic) bond motifs is 9. The Morgan fingerprint density at radius 1 is 0.558 bits per heavy atom. The zero-order valence-electron chi connectivity index (χ0n) is 22.6. The molecule has 0 bridgehead atoms. The fourth-order valence-electron chi connectivity index (χ4n) is 6.57. The van der Waals surface area contributed by atoms with Crippen LogP contribution in [0.2, 0.25) is 0 Å². The smallest absolute Gasteiger partial charge is 0.177 e. The van der Waals surface area contributed by atoms with Crippen LogP contribution in [0.4, 0.5) is 0 Å². The van der Waals surface area contributed by atoms with Crippen LogP contribution in [0.3, 0.4) is 0 Å². The molecule has 6 heteroatoms. The second-order valence-corrected chi connectivity index (χ2v) is 10.7. The van der Waals surface area contributed by atoms with Crippen LogP contribution in [0, 0.1) is 22.7 Å². The highest BCUT2D eigenvalue weighted by molar-refractivity contribution is 6.13. The van der Waals surface area contributed by atoms with Crippen molar-refractivity contribution in [2.45, 2.75) is 0 Å². The number of para-hydroxylation sites is 2. The highest BCUT2D eigenvalue weighted by Crippen LogP contribution is 2.39. The number of nitriles is 2. The summed E-state index contributed by atoms with van der Waals surface area (Å²) >= 11 is 0. The van der Waals surface area contributed by atoms with Gasteiger partial charge in [-0.05, 0) is 72.8 Å². The van der Waals surface area contributed by atoms with E-state index in [-0.39, 0.29) is 0 Å². The third-order valence-corrected chi connectivity index (χ3v) is 8.42. The molecule has 0 unspecified atom stereocenters. The van der Waals surface area contributed by atoms with E-state index in [2.05, 4.69) is 75.9 Å². The summed E-state index contributed by atoms with van der Waals surface area (Å²) in [6.07, 6.45) is 1.84. The average molecular weight is 550 g/mol. The molecule has 0 aliphatic carbocycles. The number of pyridine rings is 1. The van der Waals surface area contributed by atoms with Crippen LogP contribution in [0.5, 0.6) is 0 Å². The predicted molar refractivity (Wildman–Crippen MR) is 170 cm³/mol. The monoisotopic (exact) mass is 549 g/mol. The van der Waals surface area contributed by atoms with Gasteiger partial charge < -0.3 is 13.6 Å². The first-order chi connectivity index (χ1) is 21.2. The fraction of sp³-hybridized carbons (Fsp3) is 0. The first kappa shape index (κ1) is 23.3. The van der Waals surface area contributed by atoms with Crippen molar-refractivity contribution in [1.29, 1.82) is 10.5 Å². The molecule has 0 saturated heterocycles. The van der Waals surface area contributed by atoms with Gasteiger partial charge in [0, 0.05) is 38.8 Å². The largest absolute Gasteiger partial charge is 0.452 e. The Bertz CT molecular complexity index is 2580. The fourth-order valence-corrected chi connectivity index (χ4v) is 6.57. The predicted octanol–water partition coefficient (Wildman–Crippen LogP) is 8.92. The lowest BCUT2D eigenvalue weighted by Gasteiger charge is -2.08. The quantitative estimate of drug-likeness (QED) is 0.215. The lowest BCUT2D eigenvalue weighted by Crippen LogP contribution is -1.95. The van der Waals surface area contributed by atoms with Gasteiger partial charge in [0.15, 0.2) is 5.58 Å². The van der Waals surface area contributed by atoms with Crippen molar-refractivity contribution in [2.24, 2.45) is 0 Å². The topological polar surface area (TPSA) is 83.5 Å². The summed E-state index contributed by atoms with van der Waals surface area (Å²) in [6.45, 7) is 0. The summed E-state index contributed by atoms with van der Waals surface area (Å²) in [6, 6.07) is 40.9. The molecule has 0 aliphatic heterocycles. The maximum absolute atomic E-state index is 9.57. The lowest BCUT2D eigenvalue weighted by atomic mass is 10.1. The van der Waals surface area contributed by atoms with Crippen molar-refractivity contribution < 1.29 is 4.42 Å². The number of aromatic nitrogens is 3. The van der Waals surface area contributed by atoms with Crippen LogP contribution in [-0.4, -0.2) is 14.1 Å². The summed E-state index contributed by atoms with van der Waals surface area (Å²) in [5, 5.41) is 24.3. The molecule has 0 saturated carbocycles. The first-order valence-corrected chi connectivity index (χ1v) is 13.9.